The molecule has 1 fully saturated rings. The van der Waals surface area contributed by atoms with Gasteiger partial charge in [0, 0.05) is 30.5 Å². The van der Waals surface area contributed by atoms with Gasteiger partial charge in [0.2, 0.25) is 16.9 Å². The van der Waals surface area contributed by atoms with Crippen LogP contribution in [0, 0.1) is 19.8 Å². The van der Waals surface area contributed by atoms with Crippen molar-refractivity contribution in [2.45, 2.75) is 65.7 Å². The maximum atomic E-state index is 12.6. The minimum absolute atomic E-state index is 0.00863. The fourth-order valence-electron chi connectivity index (χ4n) is 3.64. The highest BCUT2D eigenvalue weighted by molar-refractivity contribution is 7.15. The summed E-state index contributed by atoms with van der Waals surface area (Å²) in [6, 6.07) is 6.10. The summed E-state index contributed by atoms with van der Waals surface area (Å²) in [5.41, 5.74) is 3.32. The van der Waals surface area contributed by atoms with Crippen LogP contribution in [0.25, 0.3) is 0 Å². The Morgan fingerprint density at radius 2 is 2.07 bits per heavy atom. The average Bonchev–Trinajstić information content (AvgIpc) is 3.31. The first kappa shape index (κ1) is 21.4. The van der Waals surface area contributed by atoms with E-state index >= 15 is 0 Å². The Labute approximate surface area is 176 Å². The molecule has 1 aromatic heterocycles. The van der Waals surface area contributed by atoms with Gasteiger partial charge in [-0.3, -0.25) is 9.59 Å². The van der Waals surface area contributed by atoms with Crippen molar-refractivity contribution in [2.24, 2.45) is 5.92 Å². The van der Waals surface area contributed by atoms with Crippen molar-refractivity contribution in [2.75, 3.05) is 16.8 Å². The molecule has 6 nitrogen and oxygen atoms in total. The van der Waals surface area contributed by atoms with Gasteiger partial charge in [-0.05, 0) is 49.9 Å². The summed E-state index contributed by atoms with van der Waals surface area (Å²) in [5.74, 6) is 0.137. The molecular weight excluding hydrogens is 384 g/mol. The van der Waals surface area contributed by atoms with Crippen LogP contribution >= 0.6 is 11.3 Å². The van der Waals surface area contributed by atoms with Crippen LogP contribution in [0.15, 0.2) is 18.2 Å². The lowest BCUT2D eigenvalue weighted by Gasteiger charge is -2.17. The highest BCUT2D eigenvalue weighted by atomic mass is 32.1. The molecule has 29 heavy (non-hydrogen) atoms. The van der Waals surface area contributed by atoms with Crippen LogP contribution in [0.5, 0.6) is 0 Å². The molecule has 1 N–H and O–H groups in total. The zero-order valence-electron chi connectivity index (χ0n) is 17.7. The first-order valence-corrected chi connectivity index (χ1v) is 11.3. The van der Waals surface area contributed by atoms with Gasteiger partial charge < -0.3 is 10.2 Å². The smallest absolute Gasteiger partial charge is 0.229 e. The molecule has 2 atom stereocenters. The number of anilines is 2. The van der Waals surface area contributed by atoms with Crippen molar-refractivity contribution in [3.63, 3.8) is 0 Å². The summed E-state index contributed by atoms with van der Waals surface area (Å²) in [7, 11) is 0. The molecule has 7 heteroatoms. The lowest BCUT2D eigenvalue weighted by Crippen LogP contribution is -2.24. The van der Waals surface area contributed by atoms with Gasteiger partial charge in [-0.15, -0.1) is 10.2 Å². The molecule has 2 unspecified atom stereocenters. The largest absolute Gasteiger partial charge is 0.312 e. The van der Waals surface area contributed by atoms with Gasteiger partial charge in [0.25, 0.3) is 0 Å². The molecular formula is C22H30N4O2S. The molecule has 2 heterocycles. The highest BCUT2D eigenvalue weighted by Gasteiger charge is 2.34. The van der Waals surface area contributed by atoms with E-state index in [-0.39, 0.29) is 23.7 Å². The van der Waals surface area contributed by atoms with Gasteiger partial charge >= 0.3 is 0 Å². The number of unbranched alkanes of at least 4 members (excludes halogenated alkanes) is 1. The van der Waals surface area contributed by atoms with Crippen LogP contribution in [0.1, 0.15) is 68.0 Å². The fourth-order valence-corrected chi connectivity index (χ4v) is 4.48. The minimum Gasteiger partial charge on any atom is -0.312 e. The molecule has 1 aromatic carbocycles. The number of nitrogens with one attached hydrogen (secondary N) is 1. The number of aromatic nitrogens is 2. The summed E-state index contributed by atoms with van der Waals surface area (Å²) in [5, 5.41) is 12.7. The Kier molecular flexibility index (Phi) is 7.00. The lowest BCUT2D eigenvalue weighted by atomic mass is 9.99. The van der Waals surface area contributed by atoms with Crippen molar-refractivity contribution in [1.29, 1.82) is 0 Å². The molecule has 1 saturated heterocycles. The average molecular weight is 415 g/mol. The van der Waals surface area contributed by atoms with Gasteiger partial charge in [0.1, 0.15) is 5.01 Å². The Balaban J connectivity index is 1.65. The van der Waals surface area contributed by atoms with E-state index in [9.17, 15) is 9.59 Å². The number of carbonyl (C=O) groups is 2. The number of carbonyl (C=O) groups excluding carboxylic acids is 2. The molecule has 0 radical (unpaired) electrons. The number of hydrogen-bond donors (Lipinski definition) is 1. The van der Waals surface area contributed by atoms with Crippen LogP contribution in [-0.2, 0) is 9.59 Å². The molecule has 2 amide bonds. The minimum atomic E-state index is 0.00863. The van der Waals surface area contributed by atoms with Crippen LogP contribution in [0.4, 0.5) is 10.8 Å². The van der Waals surface area contributed by atoms with E-state index in [2.05, 4.69) is 42.4 Å². The quantitative estimate of drug-likeness (QED) is 0.671. The number of amides is 2. The maximum Gasteiger partial charge on any atom is 0.229 e. The Morgan fingerprint density at radius 1 is 1.28 bits per heavy atom. The number of hydrogen-bond acceptors (Lipinski definition) is 5. The van der Waals surface area contributed by atoms with Gasteiger partial charge in [-0.2, -0.15) is 0 Å². The predicted molar refractivity (Wildman–Crippen MR) is 117 cm³/mol. The topological polar surface area (TPSA) is 75.2 Å². The molecule has 0 spiro atoms. The van der Waals surface area contributed by atoms with Gasteiger partial charge in [0.05, 0.1) is 0 Å². The summed E-state index contributed by atoms with van der Waals surface area (Å²) in [4.78, 5) is 26.9. The van der Waals surface area contributed by atoms with E-state index in [4.69, 9.17) is 0 Å². The third kappa shape index (κ3) is 5.01. The maximum absolute atomic E-state index is 12.6. The molecule has 1 aliphatic rings. The highest BCUT2D eigenvalue weighted by Crippen LogP contribution is 2.35. The van der Waals surface area contributed by atoms with E-state index in [0.29, 0.717) is 18.1 Å². The van der Waals surface area contributed by atoms with E-state index in [1.165, 1.54) is 22.5 Å². The third-order valence-electron chi connectivity index (χ3n) is 5.72. The zero-order valence-corrected chi connectivity index (χ0v) is 18.5. The summed E-state index contributed by atoms with van der Waals surface area (Å²) >= 11 is 1.38. The SMILES string of the molecule is CCCCC(CC)C(=O)Nc1nnc(C2CC(=O)N(c3ccc(C)c(C)c3)C2)s1. The predicted octanol–water partition coefficient (Wildman–Crippen LogP) is 4.83. The molecule has 156 valence electrons. The Hall–Kier alpha value is -2.28. The molecule has 2 aromatic rings. The molecule has 3 rings (SSSR count). The zero-order chi connectivity index (χ0) is 21.0. The molecule has 0 aliphatic carbocycles. The van der Waals surface area contributed by atoms with E-state index < -0.39 is 0 Å². The lowest BCUT2D eigenvalue weighted by molar-refractivity contribution is -0.120. The summed E-state index contributed by atoms with van der Waals surface area (Å²) in [6.07, 6.45) is 4.26. The van der Waals surface area contributed by atoms with Gasteiger partial charge in [-0.25, -0.2) is 0 Å². The standard InChI is InChI=1S/C22H30N4O2S/c1-5-7-8-16(6-2)20(28)23-22-25-24-21(29-22)17-12-19(27)26(13-17)18-10-9-14(3)15(4)11-18/h9-11,16-17H,5-8,12-13H2,1-4H3,(H,23,25,28). The monoisotopic (exact) mass is 414 g/mol. The van der Waals surface area contributed by atoms with Gasteiger partial charge in [0.15, 0.2) is 0 Å². The third-order valence-corrected chi connectivity index (χ3v) is 6.72. The fraction of sp³-hybridized carbons (Fsp3) is 0.545. The first-order chi connectivity index (χ1) is 13.9. The van der Waals surface area contributed by atoms with E-state index in [1.54, 1.807) is 0 Å². The van der Waals surface area contributed by atoms with Crippen molar-refractivity contribution >= 4 is 34.0 Å². The molecule has 0 bridgehead atoms. The number of aryl methyl sites for hydroxylation is 2. The second-order valence-corrected chi connectivity index (χ2v) is 8.87. The van der Waals surface area contributed by atoms with Crippen LogP contribution in [0.3, 0.4) is 0 Å². The molecule has 1 aliphatic heterocycles. The molecule has 0 saturated carbocycles. The first-order valence-electron chi connectivity index (χ1n) is 10.4. The van der Waals surface area contributed by atoms with E-state index in [1.807, 2.05) is 24.0 Å². The summed E-state index contributed by atoms with van der Waals surface area (Å²) < 4.78 is 0. The van der Waals surface area contributed by atoms with Crippen LogP contribution in [0.2, 0.25) is 0 Å². The number of benzene rings is 1. The normalized spacial score (nSPS) is 17.6. The second-order valence-electron chi connectivity index (χ2n) is 7.86. The van der Waals surface area contributed by atoms with Gasteiger partial charge in [-0.1, -0.05) is 44.1 Å². The second kappa shape index (κ2) is 9.48. The van der Waals surface area contributed by atoms with Crippen molar-refractivity contribution in [1.82, 2.24) is 10.2 Å². The summed E-state index contributed by atoms with van der Waals surface area (Å²) in [6.45, 7) is 8.89. The number of nitrogens with zero attached hydrogens (tertiary/aromatic N) is 3. The van der Waals surface area contributed by atoms with Crippen molar-refractivity contribution < 1.29 is 9.59 Å². The van der Waals surface area contributed by atoms with Crippen LogP contribution < -0.4 is 10.2 Å². The van der Waals surface area contributed by atoms with Crippen molar-refractivity contribution in [3.05, 3.63) is 34.3 Å². The number of rotatable bonds is 8. The Morgan fingerprint density at radius 3 is 2.76 bits per heavy atom. The van der Waals surface area contributed by atoms with Crippen LogP contribution in [-0.4, -0.2) is 28.6 Å². The Bertz CT molecular complexity index is 879. The van der Waals surface area contributed by atoms with E-state index in [0.717, 1.165) is 36.4 Å². The van der Waals surface area contributed by atoms with Crippen molar-refractivity contribution in [3.8, 4) is 0 Å².